The van der Waals surface area contributed by atoms with Crippen LogP contribution in [0.3, 0.4) is 0 Å². The molecule has 0 saturated heterocycles. The maximum atomic E-state index is 10.7. The van der Waals surface area contributed by atoms with Crippen molar-refractivity contribution in [1.82, 2.24) is 0 Å². The number of nitro groups is 1. The molecule has 0 aliphatic heterocycles. The Morgan fingerprint density at radius 3 is 2.60 bits per heavy atom. The van der Waals surface area contributed by atoms with Crippen LogP contribution in [-0.2, 0) is 6.42 Å². The molecule has 74 valence electrons. The second-order valence-corrected chi connectivity index (χ2v) is 3.01. The number of hydrogen-bond acceptors (Lipinski definition) is 4. The lowest BCUT2D eigenvalue weighted by molar-refractivity contribution is -0.385. The quantitative estimate of drug-likeness (QED) is 0.539. The molecular weight excluding hydrogens is 194 g/mol. The van der Waals surface area contributed by atoms with E-state index in [9.17, 15) is 10.1 Å². The first kappa shape index (κ1) is 10.7. The lowest BCUT2D eigenvalue weighted by Crippen LogP contribution is -1.97. The van der Waals surface area contributed by atoms with Crippen LogP contribution in [0.25, 0.3) is 0 Å². The summed E-state index contributed by atoms with van der Waals surface area (Å²) in [6.07, 6.45) is 0.146. The first-order chi connectivity index (χ1) is 7.10. The van der Waals surface area contributed by atoms with Gasteiger partial charge in [-0.15, -0.1) is 0 Å². The van der Waals surface area contributed by atoms with E-state index in [1.165, 1.54) is 6.07 Å². The van der Waals surface area contributed by atoms with Gasteiger partial charge in [-0.25, -0.2) is 0 Å². The van der Waals surface area contributed by atoms with E-state index in [1.807, 2.05) is 6.07 Å². The molecule has 0 bridgehead atoms. The third-order valence-corrected chi connectivity index (χ3v) is 1.95. The molecule has 0 amide bonds. The minimum atomic E-state index is -0.579. The maximum absolute atomic E-state index is 10.7. The Balaban J connectivity index is 3.40. The van der Waals surface area contributed by atoms with Crippen LogP contribution < -0.4 is 0 Å². The van der Waals surface area contributed by atoms with Crippen LogP contribution in [0.15, 0.2) is 12.1 Å². The predicted molar refractivity (Wildman–Crippen MR) is 51.9 cm³/mol. The standard InChI is InChI=1S/C10H7N3O2/c1-7-4-8(2-3-11)5-9(6-12)10(7)13(14)15/h4-5H,2H2,1H3. The van der Waals surface area contributed by atoms with Crippen molar-refractivity contribution in [3.63, 3.8) is 0 Å². The number of hydrogen-bond donors (Lipinski definition) is 0. The third-order valence-electron chi connectivity index (χ3n) is 1.95. The highest BCUT2D eigenvalue weighted by Gasteiger charge is 2.18. The van der Waals surface area contributed by atoms with E-state index in [0.717, 1.165) is 0 Å². The van der Waals surface area contributed by atoms with Crippen LogP contribution >= 0.6 is 0 Å². The first-order valence-corrected chi connectivity index (χ1v) is 4.15. The number of nitrogens with zero attached hydrogens (tertiary/aromatic N) is 3. The molecule has 0 fully saturated rings. The van der Waals surface area contributed by atoms with Gasteiger partial charge in [0.2, 0.25) is 0 Å². The summed E-state index contributed by atoms with van der Waals surface area (Å²) in [5.41, 5.74) is 0.853. The van der Waals surface area contributed by atoms with E-state index in [4.69, 9.17) is 10.5 Å². The van der Waals surface area contributed by atoms with Crippen LogP contribution in [0.1, 0.15) is 16.7 Å². The van der Waals surface area contributed by atoms with E-state index < -0.39 is 4.92 Å². The summed E-state index contributed by atoms with van der Waals surface area (Å²) in [6.45, 7) is 1.56. The normalized spacial score (nSPS) is 9.00. The van der Waals surface area contributed by atoms with E-state index in [2.05, 4.69) is 0 Å². The fourth-order valence-corrected chi connectivity index (χ4v) is 1.38. The molecule has 0 aliphatic rings. The van der Waals surface area contributed by atoms with Crippen LogP contribution in [0.5, 0.6) is 0 Å². The van der Waals surface area contributed by atoms with Gasteiger partial charge in [-0.3, -0.25) is 10.1 Å². The smallest absolute Gasteiger partial charge is 0.258 e. The van der Waals surface area contributed by atoms with Gasteiger partial charge < -0.3 is 0 Å². The predicted octanol–water partition coefficient (Wildman–Crippen LogP) is 1.84. The van der Waals surface area contributed by atoms with E-state index >= 15 is 0 Å². The summed E-state index contributed by atoms with van der Waals surface area (Å²) >= 11 is 0. The number of rotatable bonds is 2. The lowest BCUT2D eigenvalue weighted by Gasteiger charge is -2.01. The first-order valence-electron chi connectivity index (χ1n) is 4.15. The van der Waals surface area contributed by atoms with Crippen molar-refractivity contribution in [1.29, 1.82) is 10.5 Å². The zero-order valence-electron chi connectivity index (χ0n) is 8.02. The van der Waals surface area contributed by atoms with Gasteiger partial charge in [0.1, 0.15) is 11.6 Å². The monoisotopic (exact) mass is 201 g/mol. The molecule has 0 saturated carbocycles. The average Bonchev–Trinajstić information content (AvgIpc) is 2.16. The van der Waals surface area contributed by atoms with Crippen molar-refractivity contribution in [3.8, 4) is 12.1 Å². The Morgan fingerprint density at radius 2 is 2.13 bits per heavy atom. The second-order valence-electron chi connectivity index (χ2n) is 3.01. The summed E-state index contributed by atoms with van der Waals surface area (Å²) in [6, 6.07) is 6.64. The fourth-order valence-electron chi connectivity index (χ4n) is 1.38. The zero-order chi connectivity index (χ0) is 11.4. The minimum absolute atomic E-state index is 0.00486. The highest BCUT2D eigenvalue weighted by Crippen LogP contribution is 2.24. The Kier molecular flexibility index (Phi) is 3.00. The van der Waals surface area contributed by atoms with Crippen molar-refractivity contribution in [2.75, 3.05) is 0 Å². The molecule has 0 aliphatic carbocycles. The molecule has 0 aromatic heterocycles. The number of aryl methyl sites for hydroxylation is 1. The molecule has 5 heteroatoms. The Labute approximate surface area is 86.3 Å². The van der Waals surface area contributed by atoms with E-state index in [-0.39, 0.29) is 17.7 Å². The van der Waals surface area contributed by atoms with E-state index in [1.54, 1.807) is 19.1 Å². The van der Waals surface area contributed by atoms with Crippen LogP contribution in [0.2, 0.25) is 0 Å². The summed E-state index contributed by atoms with van der Waals surface area (Å²) in [4.78, 5) is 10.1. The number of nitro benzene ring substituents is 1. The molecule has 0 atom stereocenters. The van der Waals surface area contributed by atoms with Gasteiger partial charge in [-0.2, -0.15) is 10.5 Å². The molecule has 0 heterocycles. The molecule has 1 aromatic carbocycles. The van der Waals surface area contributed by atoms with Crippen molar-refractivity contribution < 1.29 is 4.92 Å². The summed E-state index contributed by atoms with van der Waals surface area (Å²) in [5, 5.41) is 27.9. The minimum Gasteiger partial charge on any atom is -0.258 e. The molecular formula is C10H7N3O2. The molecule has 5 nitrogen and oxygen atoms in total. The van der Waals surface area contributed by atoms with Gasteiger partial charge in [0.15, 0.2) is 0 Å². The molecule has 0 spiro atoms. The summed E-state index contributed by atoms with van der Waals surface area (Å²) in [7, 11) is 0. The molecule has 0 unspecified atom stereocenters. The van der Waals surface area contributed by atoms with Gasteiger partial charge in [-0.05, 0) is 24.6 Å². The van der Waals surface area contributed by atoms with Gasteiger partial charge in [0.05, 0.1) is 17.4 Å². The average molecular weight is 201 g/mol. The topological polar surface area (TPSA) is 90.7 Å². The van der Waals surface area contributed by atoms with Crippen molar-refractivity contribution in [3.05, 3.63) is 38.9 Å². The van der Waals surface area contributed by atoms with Crippen LogP contribution in [-0.4, -0.2) is 4.92 Å². The molecule has 1 aromatic rings. The van der Waals surface area contributed by atoms with Crippen molar-refractivity contribution in [2.24, 2.45) is 0 Å². The SMILES string of the molecule is Cc1cc(CC#N)cc(C#N)c1[N+](=O)[O-]. The Morgan fingerprint density at radius 1 is 1.47 bits per heavy atom. The summed E-state index contributed by atoms with van der Waals surface area (Å²) in [5.74, 6) is 0. The Bertz CT molecular complexity index is 495. The van der Waals surface area contributed by atoms with Gasteiger partial charge >= 0.3 is 0 Å². The largest absolute Gasteiger partial charge is 0.289 e. The molecule has 15 heavy (non-hydrogen) atoms. The fraction of sp³-hybridized carbons (Fsp3) is 0.200. The van der Waals surface area contributed by atoms with Gasteiger partial charge in [0, 0.05) is 5.56 Å². The highest BCUT2D eigenvalue weighted by atomic mass is 16.6. The number of benzene rings is 1. The molecule has 0 N–H and O–H groups in total. The lowest BCUT2D eigenvalue weighted by atomic mass is 10.0. The van der Waals surface area contributed by atoms with Gasteiger partial charge in [0.25, 0.3) is 5.69 Å². The third kappa shape index (κ3) is 2.09. The van der Waals surface area contributed by atoms with Crippen LogP contribution in [0, 0.1) is 39.7 Å². The maximum Gasteiger partial charge on any atom is 0.289 e. The Hall–Kier alpha value is -2.40. The van der Waals surface area contributed by atoms with Crippen LogP contribution in [0.4, 0.5) is 5.69 Å². The second kappa shape index (κ2) is 4.21. The van der Waals surface area contributed by atoms with E-state index in [0.29, 0.717) is 11.1 Å². The van der Waals surface area contributed by atoms with Crippen molar-refractivity contribution in [2.45, 2.75) is 13.3 Å². The zero-order valence-corrected chi connectivity index (χ0v) is 8.02. The molecule has 1 rings (SSSR count). The van der Waals surface area contributed by atoms with Crippen molar-refractivity contribution >= 4 is 5.69 Å². The molecule has 0 radical (unpaired) electrons. The summed E-state index contributed by atoms with van der Waals surface area (Å²) < 4.78 is 0. The number of nitriles is 2. The highest BCUT2D eigenvalue weighted by molar-refractivity contribution is 5.55. The van der Waals surface area contributed by atoms with Gasteiger partial charge in [-0.1, -0.05) is 0 Å².